The number of fused-ring (bicyclic) bond motifs is 2. The number of anilines is 1. The number of hydrogen-bond acceptors (Lipinski definition) is 8. The molecule has 1 fully saturated rings. The van der Waals surface area contributed by atoms with Crippen LogP contribution in [-0.4, -0.2) is 61.8 Å². The standard InChI is InChI=1S/C22H26F3N7O2S/c1-2-5-14-12-15-18(31-9-10-32-16(13-31)28-29-20(32)22(23,24)25)26-21(27-19(15)35-14)34-11-4-8-30-7-3-6-17(30)33/h12H,2-11,13H2,1H3. The van der Waals surface area contributed by atoms with Crippen LogP contribution in [0.2, 0.25) is 0 Å². The molecule has 0 N–H and O–H groups in total. The van der Waals surface area contributed by atoms with E-state index in [1.165, 1.54) is 4.88 Å². The fourth-order valence-corrected chi connectivity index (χ4v) is 5.64. The molecule has 2 aliphatic heterocycles. The summed E-state index contributed by atoms with van der Waals surface area (Å²) in [7, 11) is 0. The van der Waals surface area contributed by atoms with Crippen LogP contribution in [0.15, 0.2) is 6.07 Å². The van der Waals surface area contributed by atoms with Crippen LogP contribution >= 0.6 is 11.3 Å². The van der Waals surface area contributed by atoms with Crippen LogP contribution in [0.4, 0.5) is 19.0 Å². The Hall–Kier alpha value is -2.96. The molecule has 0 aliphatic carbocycles. The van der Waals surface area contributed by atoms with Crippen molar-refractivity contribution in [1.29, 1.82) is 0 Å². The Morgan fingerprint density at radius 2 is 2.03 bits per heavy atom. The lowest BCUT2D eigenvalue weighted by atomic mass is 10.2. The Kier molecular flexibility index (Phi) is 6.51. The van der Waals surface area contributed by atoms with Crippen molar-refractivity contribution in [2.75, 3.05) is 31.1 Å². The van der Waals surface area contributed by atoms with Crippen LogP contribution in [0.3, 0.4) is 0 Å². The quantitative estimate of drug-likeness (QED) is 0.428. The van der Waals surface area contributed by atoms with Crippen LogP contribution in [-0.2, 0) is 30.5 Å². The summed E-state index contributed by atoms with van der Waals surface area (Å²) in [5.41, 5.74) is 0. The summed E-state index contributed by atoms with van der Waals surface area (Å²) in [5.74, 6) is 0.0816. The van der Waals surface area contributed by atoms with Gasteiger partial charge in [0.2, 0.25) is 11.7 Å². The molecule has 35 heavy (non-hydrogen) atoms. The van der Waals surface area contributed by atoms with E-state index in [0.717, 1.165) is 40.6 Å². The molecule has 0 saturated carbocycles. The number of carbonyl (C=O) groups excluding carboxylic acids is 1. The molecule has 9 nitrogen and oxygen atoms in total. The second kappa shape index (κ2) is 9.59. The van der Waals surface area contributed by atoms with Gasteiger partial charge < -0.3 is 19.1 Å². The van der Waals surface area contributed by atoms with Crippen molar-refractivity contribution >= 4 is 33.3 Å². The van der Waals surface area contributed by atoms with Gasteiger partial charge in [0.15, 0.2) is 5.82 Å². The van der Waals surface area contributed by atoms with Gasteiger partial charge in [-0.2, -0.15) is 23.1 Å². The molecule has 188 valence electrons. The second-order valence-electron chi connectivity index (χ2n) is 8.71. The first-order valence-electron chi connectivity index (χ1n) is 11.8. The van der Waals surface area contributed by atoms with Crippen molar-refractivity contribution < 1.29 is 22.7 Å². The number of aryl methyl sites for hydroxylation is 1. The summed E-state index contributed by atoms with van der Waals surface area (Å²) in [4.78, 5) is 26.7. The van der Waals surface area contributed by atoms with Gasteiger partial charge in [0, 0.05) is 37.5 Å². The second-order valence-corrected chi connectivity index (χ2v) is 9.82. The highest BCUT2D eigenvalue weighted by Gasteiger charge is 2.39. The molecule has 3 aromatic heterocycles. The average molecular weight is 510 g/mol. The van der Waals surface area contributed by atoms with E-state index in [1.807, 2.05) is 9.80 Å². The Bertz CT molecular complexity index is 1230. The maximum absolute atomic E-state index is 13.2. The van der Waals surface area contributed by atoms with Gasteiger partial charge in [0.1, 0.15) is 10.6 Å². The fraction of sp³-hybridized carbons (Fsp3) is 0.591. The van der Waals surface area contributed by atoms with Crippen molar-refractivity contribution in [2.45, 2.75) is 58.3 Å². The van der Waals surface area contributed by atoms with E-state index < -0.39 is 12.0 Å². The average Bonchev–Trinajstić information content (AvgIpc) is 3.53. The lowest BCUT2D eigenvalue weighted by Gasteiger charge is -2.29. The van der Waals surface area contributed by atoms with Crippen molar-refractivity contribution in [2.24, 2.45) is 0 Å². The maximum atomic E-state index is 13.2. The minimum absolute atomic E-state index is 0.106. The number of aromatic nitrogens is 5. The molecule has 0 radical (unpaired) electrons. The molecule has 5 rings (SSSR count). The number of halogens is 3. The Labute approximate surface area is 203 Å². The zero-order valence-electron chi connectivity index (χ0n) is 19.3. The third kappa shape index (κ3) is 4.91. The van der Waals surface area contributed by atoms with Crippen LogP contribution in [0, 0.1) is 0 Å². The van der Waals surface area contributed by atoms with E-state index in [-0.39, 0.29) is 30.8 Å². The Morgan fingerprint density at radius 1 is 1.17 bits per heavy atom. The van der Waals surface area contributed by atoms with Gasteiger partial charge in [-0.05, 0) is 25.3 Å². The lowest BCUT2D eigenvalue weighted by molar-refractivity contribution is -0.147. The smallest absolute Gasteiger partial charge is 0.451 e. The number of ether oxygens (including phenoxy) is 1. The summed E-state index contributed by atoms with van der Waals surface area (Å²) >= 11 is 1.57. The third-order valence-corrected chi connectivity index (χ3v) is 7.27. The molecule has 0 spiro atoms. The number of likely N-dealkylation sites (tertiary alicyclic amines) is 1. The zero-order chi connectivity index (χ0) is 24.6. The molecule has 1 saturated heterocycles. The van der Waals surface area contributed by atoms with Crippen molar-refractivity contribution in [1.82, 2.24) is 29.6 Å². The molecular formula is C22H26F3N7O2S. The lowest BCUT2D eigenvalue weighted by Crippen LogP contribution is -2.36. The predicted molar refractivity (Wildman–Crippen MR) is 123 cm³/mol. The predicted octanol–water partition coefficient (Wildman–Crippen LogP) is 3.67. The number of rotatable bonds is 8. The van der Waals surface area contributed by atoms with Gasteiger partial charge in [-0.3, -0.25) is 4.79 Å². The van der Waals surface area contributed by atoms with Crippen molar-refractivity contribution in [3.63, 3.8) is 0 Å². The highest BCUT2D eigenvalue weighted by atomic mass is 32.1. The molecule has 0 atom stereocenters. The molecule has 0 bridgehead atoms. The molecule has 0 aromatic carbocycles. The van der Waals surface area contributed by atoms with E-state index in [0.29, 0.717) is 38.4 Å². The van der Waals surface area contributed by atoms with Crippen molar-refractivity contribution in [3.05, 3.63) is 22.6 Å². The first kappa shape index (κ1) is 23.8. The molecule has 5 heterocycles. The summed E-state index contributed by atoms with van der Waals surface area (Å²) in [6, 6.07) is 2.29. The molecule has 1 amide bonds. The monoisotopic (exact) mass is 509 g/mol. The number of carbonyl (C=O) groups is 1. The normalized spacial score (nSPS) is 16.4. The molecule has 3 aromatic rings. The molecule has 0 unspecified atom stereocenters. The summed E-state index contributed by atoms with van der Waals surface area (Å²) in [6.07, 6.45) is -0.476. The highest BCUT2D eigenvalue weighted by Crippen LogP contribution is 2.36. The van der Waals surface area contributed by atoms with E-state index in [2.05, 4.69) is 33.2 Å². The number of nitrogens with zero attached hydrogens (tertiary/aromatic N) is 7. The van der Waals surface area contributed by atoms with Crippen LogP contribution in [0.25, 0.3) is 10.2 Å². The van der Waals surface area contributed by atoms with Crippen molar-refractivity contribution in [3.8, 4) is 6.01 Å². The minimum Gasteiger partial charge on any atom is -0.463 e. The van der Waals surface area contributed by atoms with Crippen LogP contribution < -0.4 is 9.64 Å². The first-order chi connectivity index (χ1) is 16.8. The molecular weight excluding hydrogens is 483 g/mol. The summed E-state index contributed by atoms with van der Waals surface area (Å²) in [6.45, 7) is 4.49. The summed E-state index contributed by atoms with van der Waals surface area (Å²) < 4.78 is 46.7. The topological polar surface area (TPSA) is 89.3 Å². The number of amides is 1. The summed E-state index contributed by atoms with van der Waals surface area (Å²) in [5, 5.41) is 8.02. The Balaban J connectivity index is 1.37. The Morgan fingerprint density at radius 3 is 2.77 bits per heavy atom. The van der Waals surface area contributed by atoms with E-state index in [1.54, 1.807) is 11.3 Å². The van der Waals surface area contributed by atoms with Crippen LogP contribution in [0.5, 0.6) is 6.01 Å². The number of alkyl halides is 3. The number of thiophene rings is 1. The molecule has 13 heteroatoms. The van der Waals surface area contributed by atoms with Gasteiger partial charge in [-0.25, -0.2) is 0 Å². The van der Waals surface area contributed by atoms with E-state index in [9.17, 15) is 18.0 Å². The fourth-order valence-electron chi connectivity index (χ4n) is 4.52. The largest absolute Gasteiger partial charge is 0.463 e. The number of hydrogen-bond donors (Lipinski definition) is 0. The van der Waals surface area contributed by atoms with Gasteiger partial charge in [0.25, 0.3) is 0 Å². The van der Waals surface area contributed by atoms with Gasteiger partial charge in [0.05, 0.1) is 18.5 Å². The maximum Gasteiger partial charge on any atom is 0.451 e. The van der Waals surface area contributed by atoms with Crippen LogP contribution in [0.1, 0.15) is 49.1 Å². The SMILES string of the molecule is CCCc1cc2c(N3CCn4c(nnc4C(F)(F)F)C3)nc(OCCCN3CCCC3=O)nc2s1. The zero-order valence-corrected chi connectivity index (χ0v) is 20.2. The first-order valence-corrected chi connectivity index (χ1v) is 12.6. The van der Waals surface area contributed by atoms with Gasteiger partial charge in [-0.1, -0.05) is 13.3 Å². The van der Waals surface area contributed by atoms with E-state index >= 15 is 0 Å². The highest BCUT2D eigenvalue weighted by molar-refractivity contribution is 7.18. The van der Waals surface area contributed by atoms with Gasteiger partial charge in [-0.15, -0.1) is 21.5 Å². The van der Waals surface area contributed by atoms with Gasteiger partial charge >= 0.3 is 12.2 Å². The minimum atomic E-state index is -4.54. The molecule has 2 aliphatic rings. The van der Waals surface area contributed by atoms with E-state index in [4.69, 9.17) is 4.74 Å². The third-order valence-electron chi connectivity index (χ3n) is 6.18.